The molecular formula is C19H21FN6OS. The Morgan fingerprint density at radius 2 is 2.04 bits per heavy atom. The van der Waals surface area contributed by atoms with Crippen molar-refractivity contribution in [2.75, 3.05) is 48.9 Å². The largest absolute Gasteiger partial charge is 0.378 e. The van der Waals surface area contributed by atoms with Crippen LogP contribution in [0.1, 0.15) is 5.69 Å². The van der Waals surface area contributed by atoms with Gasteiger partial charge in [-0.15, -0.1) is 0 Å². The highest BCUT2D eigenvalue weighted by Gasteiger charge is 2.17. The van der Waals surface area contributed by atoms with E-state index < -0.39 is 5.82 Å². The molecule has 146 valence electrons. The van der Waals surface area contributed by atoms with Crippen LogP contribution < -0.4 is 15.5 Å². The zero-order chi connectivity index (χ0) is 19.5. The fraction of sp³-hybridized carbons (Fsp3) is 0.316. The molecule has 0 unspecified atom stereocenters. The molecule has 1 fully saturated rings. The second-order valence-corrected chi connectivity index (χ2v) is 7.35. The Morgan fingerprint density at radius 1 is 1.21 bits per heavy atom. The minimum Gasteiger partial charge on any atom is -0.378 e. The number of aryl methyl sites for hydroxylation is 1. The van der Waals surface area contributed by atoms with Crippen molar-refractivity contribution >= 4 is 33.8 Å². The highest BCUT2D eigenvalue weighted by Crippen LogP contribution is 2.33. The van der Waals surface area contributed by atoms with E-state index in [1.807, 2.05) is 25.1 Å². The van der Waals surface area contributed by atoms with Gasteiger partial charge in [0, 0.05) is 31.5 Å². The molecule has 3 aromatic rings. The molecule has 2 aromatic heterocycles. The summed E-state index contributed by atoms with van der Waals surface area (Å²) in [5.41, 5.74) is 2.93. The number of nitrogens with one attached hydrogen (secondary N) is 2. The molecule has 1 saturated heterocycles. The van der Waals surface area contributed by atoms with Gasteiger partial charge in [0.25, 0.3) is 0 Å². The number of morpholine rings is 1. The normalized spacial score (nSPS) is 14.2. The van der Waals surface area contributed by atoms with Crippen LogP contribution in [0.4, 0.5) is 26.8 Å². The molecule has 1 aliphatic heterocycles. The smallest absolute Gasteiger partial charge is 0.227 e. The maximum atomic E-state index is 14.4. The van der Waals surface area contributed by atoms with Crippen LogP contribution in [-0.4, -0.2) is 48.3 Å². The number of anilines is 4. The van der Waals surface area contributed by atoms with Crippen LogP contribution in [0.3, 0.4) is 0 Å². The Labute approximate surface area is 166 Å². The number of halogens is 1. The highest BCUT2D eigenvalue weighted by atomic mass is 32.1. The Kier molecular flexibility index (Phi) is 5.36. The van der Waals surface area contributed by atoms with Crippen LogP contribution in [0, 0.1) is 12.7 Å². The van der Waals surface area contributed by atoms with Crippen molar-refractivity contribution < 1.29 is 9.13 Å². The monoisotopic (exact) mass is 400 g/mol. The van der Waals surface area contributed by atoms with Gasteiger partial charge >= 0.3 is 0 Å². The first kappa shape index (κ1) is 18.6. The van der Waals surface area contributed by atoms with E-state index in [0.29, 0.717) is 10.8 Å². The number of ether oxygens (including phenoxy) is 1. The SMILES string of the molecule is CNc1nc(C)c(-c2nc(Nc3cccc(N4CCOCC4)c3)ncc2F)s1. The van der Waals surface area contributed by atoms with Crippen molar-refractivity contribution in [2.45, 2.75) is 6.92 Å². The molecule has 0 atom stereocenters. The molecule has 0 radical (unpaired) electrons. The van der Waals surface area contributed by atoms with Crippen molar-refractivity contribution in [1.29, 1.82) is 0 Å². The van der Waals surface area contributed by atoms with Gasteiger partial charge in [0.05, 0.1) is 30.0 Å². The molecular weight excluding hydrogens is 379 g/mol. The van der Waals surface area contributed by atoms with E-state index in [0.717, 1.165) is 48.5 Å². The van der Waals surface area contributed by atoms with Crippen molar-refractivity contribution in [3.63, 3.8) is 0 Å². The van der Waals surface area contributed by atoms with Gasteiger partial charge in [-0.1, -0.05) is 17.4 Å². The fourth-order valence-corrected chi connectivity index (χ4v) is 3.95. The lowest BCUT2D eigenvalue weighted by atomic mass is 10.2. The molecule has 7 nitrogen and oxygen atoms in total. The summed E-state index contributed by atoms with van der Waals surface area (Å²) in [6, 6.07) is 8.01. The molecule has 0 saturated carbocycles. The molecule has 1 aromatic carbocycles. The number of hydrogen-bond donors (Lipinski definition) is 2. The zero-order valence-corrected chi connectivity index (χ0v) is 16.5. The van der Waals surface area contributed by atoms with Crippen LogP contribution in [-0.2, 0) is 4.74 Å². The summed E-state index contributed by atoms with van der Waals surface area (Å²) in [5, 5.41) is 6.89. The average Bonchev–Trinajstić information content (AvgIpc) is 3.11. The van der Waals surface area contributed by atoms with Gasteiger partial charge < -0.3 is 20.3 Å². The van der Waals surface area contributed by atoms with E-state index in [1.165, 1.54) is 17.5 Å². The summed E-state index contributed by atoms with van der Waals surface area (Å²) in [5.74, 6) is -0.128. The minimum absolute atomic E-state index is 0.248. The Hall–Kier alpha value is -2.78. The summed E-state index contributed by atoms with van der Waals surface area (Å²) in [6.45, 7) is 5.02. The van der Waals surface area contributed by atoms with Crippen molar-refractivity contribution in [2.24, 2.45) is 0 Å². The van der Waals surface area contributed by atoms with Gasteiger partial charge in [-0.25, -0.2) is 19.3 Å². The Morgan fingerprint density at radius 3 is 2.79 bits per heavy atom. The predicted molar refractivity (Wildman–Crippen MR) is 110 cm³/mol. The molecule has 2 N–H and O–H groups in total. The van der Waals surface area contributed by atoms with Crippen molar-refractivity contribution in [1.82, 2.24) is 15.0 Å². The number of rotatable bonds is 5. The van der Waals surface area contributed by atoms with E-state index >= 15 is 0 Å². The van der Waals surface area contributed by atoms with E-state index in [9.17, 15) is 4.39 Å². The minimum atomic E-state index is -0.470. The van der Waals surface area contributed by atoms with Gasteiger partial charge in [-0.05, 0) is 25.1 Å². The molecule has 0 spiro atoms. The second-order valence-electron chi connectivity index (χ2n) is 6.35. The number of aromatic nitrogens is 3. The van der Waals surface area contributed by atoms with E-state index in [2.05, 4.69) is 36.6 Å². The van der Waals surface area contributed by atoms with Crippen LogP contribution in [0.15, 0.2) is 30.5 Å². The van der Waals surface area contributed by atoms with E-state index in [-0.39, 0.29) is 5.69 Å². The standard InChI is InChI=1S/C19H21FN6OS/c1-12-17(28-19(21-2)23-12)16-15(20)11-22-18(25-16)24-13-4-3-5-14(10-13)26-6-8-27-9-7-26/h3-5,10-11H,6-9H2,1-2H3,(H,21,23)(H,22,24,25). The highest BCUT2D eigenvalue weighted by molar-refractivity contribution is 7.19. The third-order valence-corrected chi connectivity index (χ3v) is 5.63. The van der Waals surface area contributed by atoms with Crippen LogP contribution >= 0.6 is 11.3 Å². The van der Waals surface area contributed by atoms with Gasteiger partial charge in [0.15, 0.2) is 10.9 Å². The molecule has 28 heavy (non-hydrogen) atoms. The summed E-state index contributed by atoms with van der Waals surface area (Å²) in [7, 11) is 1.78. The lowest BCUT2D eigenvalue weighted by molar-refractivity contribution is 0.122. The first-order valence-electron chi connectivity index (χ1n) is 9.02. The third-order valence-electron chi connectivity index (χ3n) is 4.45. The summed E-state index contributed by atoms with van der Waals surface area (Å²) >= 11 is 1.36. The van der Waals surface area contributed by atoms with Crippen LogP contribution in [0.25, 0.3) is 10.6 Å². The van der Waals surface area contributed by atoms with Crippen molar-refractivity contribution in [3.05, 3.63) is 42.0 Å². The summed E-state index contributed by atoms with van der Waals surface area (Å²) < 4.78 is 19.8. The second kappa shape index (κ2) is 8.07. The first-order valence-corrected chi connectivity index (χ1v) is 9.83. The fourth-order valence-electron chi connectivity index (χ4n) is 3.04. The summed E-state index contributed by atoms with van der Waals surface area (Å²) in [4.78, 5) is 15.8. The predicted octanol–water partition coefficient (Wildman–Crippen LogP) is 3.67. The number of hydrogen-bond acceptors (Lipinski definition) is 8. The van der Waals surface area contributed by atoms with E-state index in [4.69, 9.17) is 4.74 Å². The molecule has 3 heterocycles. The van der Waals surface area contributed by atoms with Gasteiger partial charge in [-0.2, -0.15) is 0 Å². The van der Waals surface area contributed by atoms with Gasteiger partial charge in [0.1, 0.15) is 5.69 Å². The molecule has 1 aliphatic rings. The lowest BCUT2D eigenvalue weighted by Gasteiger charge is -2.29. The number of thiazole rings is 1. The number of benzene rings is 1. The average molecular weight is 400 g/mol. The molecule has 4 rings (SSSR count). The van der Waals surface area contributed by atoms with Gasteiger partial charge in [-0.3, -0.25) is 0 Å². The maximum absolute atomic E-state index is 14.4. The molecule has 0 bridgehead atoms. The summed E-state index contributed by atoms with van der Waals surface area (Å²) in [6.07, 6.45) is 1.19. The molecule has 0 amide bonds. The van der Waals surface area contributed by atoms with Crippen molar-refractivity contribution in [3.8, 4) is 10.6 Å². The van der Waals surface area contributed by atoms with E-state index in [1.54, 1.807) is 7.05 Å². The lowest BCUT2D eigenvalue weighted by Crippen LogP contribution is -2.36. The number of nitrogens with zero attached hydrogens (tertiary/aromatic N) is 4. The quantitative estimate of drug-likeness (QED) is 0.677. The molecule has 9 heteroatoms. The zero-order valence-electron chi connectivity index (χ0n) is 15.7. The first-order chi connectivity index (χ1) is 13.6. The molecule has 0 aliphatic carbocycles. The Bertz CT molecular complexity index is 973. The topological polar surface area (TPSA) is 75.2 Å². The van der Waals surface area contributed by atoms with Crippen LogP contribution in [0.5, 0.6) is 0 Å². The van der Waals surface area contributed by atoms with Crippen LogP contribution in [0.2, 0.25) is 0 Å². The van der Waals surface area contributed by atoms with Gasteiger partial charge in [0.2, 0.25) is 5.95 Å². The maximum Gasteiger partial charge on any atom is 0.227 e. The Balaban J connectivity index is 1.59. The third kappa shape index (κ3) is 3.90.